The summed E-state index contributed by atoms with van der Waals surface area (Å²) in [5.74, 6) is 0.610. The molecule has 0 saturated carbocycles. The Balaban J connectivity index is 1.59. The number of methoxy groups -OCH3 is 1. The summed E-state index contributed by atoms with van der Waals surface area (Å²) < 4.78 is 44.6. The van der Waals surface area contributed by atoms with Gasteiger partial charge in [-0.3, -0.25) is 9.89 Å². The summed E-state index contributed by atoms with van der Waals surface area (Å²) in [5, 5.41) is 8.97. The van der Waals surface area contributed by atoms with Crippen molar-refractivity contribution in [3.8, 4) is 17.1 Å². The van der Waals surface area contributed by atoms with Gasteiger partial charge in [0.25, 0.3) is 0 Å². The zero-order chi connectivity index (χ0) is 25.0. The number of nitrogens with one attached hydrogen (secondary N) is 2. The van der Waals surface area contributed by atoms with Crippen LogP contribution in [0.15, 0.2) is 78.0 Å². The van der Waals surface area contributed by atoms with E-state index in [-0.39, 0.29) is 15.9 Å². The van der Waals surface area contributed by atoms with Crippen LogP contribution in [-0.2, 0) is 11.0 Å². The number of benzene rings is 3. The summed E-state index contributed by atoms with van der Waals surface area (Å²) in [6.45, 7) is 0. The molecular formula is C24H18ClF3N4O2S. The van der Waals surface area contributed by atoms with E-state index in [1.807, 2.05) is 12.1 Å². The molecular weight excluding hydrogens is 501 g/mol. The lowest BCUT2D eigenvalue weighted by Gasteiger charge is -2.17. The molecule has 1 unspecified atom stereocenters. The summed E-state index contributed by atoms with van der Waals surface area (Å²) in [6.07, 6.45) is -4.57. The number of alkyl halides is 3. The molecule has 4 aromatic rings. The monoisotopic (exact) mass is 518 g/mol. The van der Waals surface area contributed by atoms with Gasteiger partial charge in [-0.05, 0) is 48.0 Å². The van der Waals surface area contributed by atoms with Crippen LogP contribution in [0.1, 0.15) is 16.4 Å². The molecule has 3 aromatic carbocycles. The molecule has 1 heterocycles. The minimum absolute atomic E-state index is 0.0113. The van der Waals surface area contributed by atoms with E-state index >= 15 is 0 Å². The minimum atomic E-state index is -4.57. The third kappa shape index (κ3) is 5.95. The van der Waals surface area contributed by atoms with Crippen LogP contribution in [0.4, 0.5) is 18.9 Å². The van der Waals surface area contributed by atoms with Crippen molar-refractivity contribution < 1.29 is 22.7 Å². The first kappa shape index (κ1) is 24.6. The van der Waals surface area contributed by atoms with Gasteiger partial charge in [-0.2, -0.15) is 13.2 Å². The molecule has 11 heteroatoms. The molecule has 180 valence electrons. The molecule has 0 fully saturated rings. The van der Waals surface area contributed by atoms with Gasteiger partial charge in [0.15, 0.2) is 5.82 Å². The van der Waals surface area contributed by atoms with Crippen molar-refractivity contribution in [3.63, 3.8) is 0 Å². The first-order valence-corrected chi connectivity index (χ1v) is 11.5. The van der Waals surface area contributed by atoms with Crippen molar-refractivity contribution in [1.29, 1.82) is 0 Å². The summed E-state index contributed by atoms with van der Waals surface area (Å²) >= 11 is 7.12. The summed E-state index contributed by atoms with van der Waals surface area (Å²) in [7, 11) is 1.57. The Morgan fingerprint density at radius 2 is 1.80 bits per heavy atom. The minimum Gasteiger partial charge on any atom is -0.497 e. The molecule has 0 bridgehead atoms. The predicted molar refractivity (Wildman–Crippen MR) is 128 cm³/mol. The van der Waals surface area contributed by atoms with Crippen LogP contribution < -0.4 is 10.1 Å². The van der Waals surface area contributed by atoms with Crippen molar-refractivity contribution in [2.75, 3.05) is 12.4 Å². The number of rotatable bonds is 7. The lowest BCUT2D eigenvalue weighted by atomic mass is 10.1. The van der Waals surface area contributed by atoms with E-state index in [2.05, 4.69) is 20.5 Å². The topological polar surface area (TPSA) is 79.9 Å². The number of aromatic nitrogens is 3. The van der Waals surface area contributed by atoms with Gasteiger partial charge in [0.1, 0.15) is 11.0 Å². The smallest absolute Gasteiger partial charge is 0.416 e. The lowest BCUT2D eigenvalue weighted by molar-refractivity contribution is -0.137. The van der Waals surface area contributed by atoms with E-state index in [4.69, 9.17) is 16.3 Å². The van der Waals surface area contributed by atoms with E-state index < -0.39 is 22.9 Å². The molecule has 1 amide bonds. The van der Waals surface area contributed by atoms with Gasteiger partial charge >= 0.3 is 6.18 Å². The van der Waals surface area contributed by atoms with Crippen molar-refractivity contribution >= 4 is 35.0 Å². The molecule has 0 radical (unpaired) electrons. The van der Waals surface area contributed by atoms with E-state index in [0.717, 1.165) is 35.5 Å². The fraction of sp³-hybridized carbons (Fsp3) is 0.125. The van der Waals surface area contributed by atoms with Gasteiger partial charge in [0, 0.05) is 5.56 Å². The number of carbonyl (C=O) groups excluding carboxylic acids is 1. The number of aromatic amines is 1. The fourth-order valence-corrected chi connectivity index (χ4v) is 4.26. The van der Waals surface area contributed by atoms with E-state index in [9.17, 15) is 18.0 Å². The molecule has 1 atom stereocenters. The highest BCUT2D eigenvalue weighted by Gasteiger charge is 2.32. The number of anilines is 1. The average molecular weight is 519 g/mol. The van der Waals surface area contributed by atoms with Crippen molar-refractivity contribution in [2.45, 2.75) is 16.6 Å². The largest absolute Gasteiger partial charge is 0.497 e. The summed E-state index contributed by atoms with van der Waals surface area (Å²) in [5.41, 5.74) is 0.330. The summed E-state index contributed by atoms with van der Waals surface area (Å²) in [4.78, 5) is 17.7. The van der Waals surface area contributed by atoms with E-state index in [1.54, 1.807) is 49.6 Å². The maximum atomic E-state index is 13.2. The van der Waals surface area contributed by atoms with Gasteiger partial charge in [-0.1, -0.05) is 53.7 Å². The third-order valence-corrected chi connectivity index (χ3v) is 6.39. The Morgan fingerprint density at radius 3 is 2.46 bits per heavy atom. The molecule has 6 nitrogen and oxygen atoms in total. The number of H-pyrrole nitrogens is 1. The van der Waals surface area contributed by atoms with Crippen LogP contribution in [0.5, 0.6) is 5.75 Å². The second kappa shape index (κ2) is 10.4. The number of nitrogens with zero attached hydrogens (tertiary/aromatic N) is 2. The summed E-state index contributed by atoms with van der Waals surface area (Å²) in [6, 6.07) is 18.7. The molecule has 35 heavy (non-hydrogen) atoms. The molecule has 1 aromatic heterocycles. The Hall–Kier alpha value is -3.50. The highest BCUT2D eigenvalue weighted by atomic mass is 35.5. The van der Waals surface area contributed by atoms with Crippen LogP contribution in [0.2, 0.25) is 5.02 Å². The van der Waals surface area contributed by atoms with Crippen LogP contribution in [-0.4, -0.2) is 28.2 Å². The fourth-order valence-electron chi connectivity index (χ4n) is 3.18. The SMILES string of the molecule is COc1ccc(-c2nc(SC(C(=O)Nc3cc(C(F)(F)F)ccc3Cl)c3ccccc3)n[nH]2)cc1. The second-order valence-corrected chi connectivity index (χ2v) is 8.76. The number of halogens is 4. The molecule has 2 N–H and O–H groups in total. The number of amides is 1. The van der Waals surface area contributed by atoms with E-state index in [0.29, 0.717) is 17.1 Å². The lowest BCUT2D eigenvalue weighted by Crippen LogP contribution is -2.20. The first-order valence-electron chi connectivity index (χ1n) is 10.2. The quantitative estimate of drug-likeness (QED) is 0.269. The number of hydrogen-bond acceptors (Lipinski definition) is 5. The normalized spacial score (nSPS) is 12.3. The number of ether oxygens (including phenoxy) is 1. The van der Waals surface area contributed by atoms with Gasteiger partial charge in [-0.25, -0.2) is 4.98 Å². The van der Waals surface area contributed by atoms with E-state index in [1.165, 1.54) is 0 Å². The predicted octanol–water partition coefficient (Wildman–Crippen LogP) is 6.62. The highest BCUT2D eigenvalue weighted by Crippen LogP contribution is 2.38. The van der Waals surface area contributed by atoms with Gasteiger partial charge < -0.3 is 10.1 Å². The van der Waals surface area contributed by atoms with Crippen molar-refractivity contribution in [1.82, 2.24) is 15.2 Å². The molecule has 0 aliphatic heterocycles. The van der Waals surface area contributed by atoms with Gasteiger partial charge in [0.05, 0.1) is 23.4 Å². The zero-order valence-corrected chi connectivity index (χ0v) is 19.7. The highest BCUT2D eigenvalue weighted by molar-refractivity contribution is 8.00. The standard InChI is InChI=1S/C24H18ClF3N4O2S/c1-34-17-10-7-15(8-11-17)21-30-23(32-31-21)35-20(14-5-3-2-4-6-14)22(33)29-19-13-16(24(26,27)28)9-12-18(19)25/h2-13,20H,1H3,(H,29,33)(H,30,31,32). The molecule has 0 spiro atoms. The zero-order valence-electron chi connectivity index (χ0n) is 18.1. The Kier molecular flexibility index (Phi) is 7.32. The molecule has 4 rings (SSSR count). The van der Waals surface area contributed by atoms with Gasteiger partial charge in [0.2, 0.25) is 11.1 Å². The molecule has 0 aliphatic carbocycles. The van der Waals surface area contributed by atoms with Gasteiger partial charge in [-0.15, -0.1) is 5.10 Å². The third-order valence-electron chi connectivity index (χ3n) is 4.94. The average Bonchev–Trinajstić information content (AvgIpc) is 3.32. The van der Waals surface area contributed by atoms with Crippen LogP contribution >= 0.6 is 23.4 Å². The Bertz CT molecular complexity index is 1310. The maximum absolute atomic E-state index is 13.2. The molecule has 0 aliphatic rings. The number of carbonyl (C=O) groups is 1. The van der Waals surface area contributed by atoms with Crippen molar-refractivity contribution in [3.05, 3.63) is 88.9 Å². The van der Waals surface area contributed by atoms with Crippen LogP contribution in [0.25, 0.3) is 11.4 Å². The van der Waals surface area contributed by atoms with Crippen LogP contribution in [0, 0.1) is 0 Å². The number of thioether (sulfide) groups is 1. The Morgan fingerprint density at radius 1 is 1.09 bits per heavy atom. The maximum Gasteiger partial charge on any atom is 0.416 e. The first-order chi connectivity index (χ1) is 16.7. The number of hydrogen-bond donors (Lipinski definition) is 2. The second-order valence-electron chi connectivity index (χ2n) is 7.29. The molecule has 0 saturated heterocycles. The van der Waals surface area contributed by atoms with Crippen molar-refractivity contribution in [2.24, 2.45) is 0 Å². The Labute approximate surface area is 207 Å². The van der Waals surface area contributed by atoms with Crippen LogP contribution in [0.3, 0.4) is 0 Å².